The van der Waals surface area contributed by atoms with Gasteiger partial charge < -0.3 is 35.2 Å². The topological polar surface area (TPSA) is 298 Å². The van der Waals surface area contributed by atoms with Crippen LogP contribution in [-0.4, -0.2) is 178 Å². The van der Waals surface area contributed by atoms with Gasteiger partial charge in [0, 0.05) is 45.5 Å². The largest absolute Gasteiger partial charge is 0.416 e. The number of thiocarbonyl (C=S) groups is 1. The van der Waals surface area contributed by atoms with Gasteiger partial charge >= 0.3 is 0 Å². The van der Waals surface area contributed by atoms with E-state index >= 15 is 17.6 Å². The summed E-state index contributed by atoms with van der Waals surface area (Å²) in [6.45, 7) is 31.6. The molecule has 9 heterocycles. The third-order valence-electron chi connectivity index (χ3n) is 25.1. The number of aliphatic imine (C=N–C) groups is 4. The highest BCUT2D eigenvalue weighted by molar-refractivity contribution is 14.1. The molecule has 0 unspecified atom stereocenters. The Kier molecular flexibility index (Phi) is 43.3. The Labute approximate surface area is 933 Å². The summed E-state index contributed by atoms with van der Waals surface area (Å²) in [5, 5.41) is 20.7. The number of hydrogen-bond acceptors (Lipinski definition) is 22. The molecule has 4 aliphatic heterocycles. The van der Waals surface area contributed by atoms with Gasteiger partial charge in [0.2, 0.25) is 0 Å². The lowest BCUT2D eigenvalue weighted by molar-refractivity contribution is 0.0966. The average Bonchev–Trinajstić information content (AvgIpc) is 0.848. The highest BCUT2D eigenvalue weighted by atomic mass is 127. The minimum Gasteiger partial charge on any atom is -0.416 e. The molecule has 45 heteroatoms. The number of nitrogens with zero attached hydrogens (tertiary/aromatic N) is 9. The Hall–Kier alpha value is -8.15. The minimum atomic E-state index is -2.18. The zero-order valence-electron chi connectivity index (χ0n) is 82.6. The number of pyridine rings is 5. The molecule has 14 rings (SSSR count). The van der Waals surface area contributed by atoms with Gasteiger partial charge in [0.25, 0.3) is 23.6 Å². The predicted molar refractivity (Wildman–Crippen MR) is 605 cm³/mol. The Bertz CT molecular complexity index is 6240. The lowest BCUT2D eigenvalue weighted by Crippen LogP contribution is -2.54. The summed E-state index contributed by atoms with van der Waals surface area (Å²) in [7, 11) is -4.33. The first kappa shape index (κ1) is 122. The number of ketones is 1. The van der Waals surface area contributed by atoms with Crippen molar-refractivity contribution in [3.63, 3.8) is 0 Å². The zero-order chi connectivity index (χ0) is 109. The van der Waals surface area contributed by atoms with E-state index in [2.05, 4.69) is 248 Å². The summed E-state index contributed by atoms with van der Waals surface area (Å²) < 4.78 is 165. The number of hydrogen-bond donors (Lipinski definition) is 6. The molecule has 5 aromatic carbocycles. The molecule has 148 heavy (non-hydrogen) atoms. The molecule has 22 nitrogen and oxygen atoms in total. The van der Waals surface area contributed by atoms with Gasteiger partial charge in [-0.1, -0.05) is 209 Å². The highest BCUT2D eigenvalue weighted by Gasteiger charge is 2.55. The molecular weight excluding hydrogens is 2490 g/mol. The van der Waals surface area contributed by atoms with Crippen molar-refractivity contribution in [1.29, 1.82) is 0 Å². The lowest BCUT2D eigenvalue weighted by atomic mass is 9.89. The maximum atomic E-state index is 16.1. The molecular formula is C103H108Br5F10IN14O8S5Si2. The van der Waals surface area contributed by atoms with E-state index in [4.69, 9.17) is 21.1 Å². The van der Waals surface area contributed by atoms with Crippen LogP contribution in [0, 0.1) is 29.1 Å². The van der Waals surface area contributed by atoms with Crippen molar-refractivity contribution in [2.75, 3.05) is 24.2 Å². The number of aliphatic hydroxyl groups excluding tert-OH is 1. The number of rotatable bonds is 23. The molecule has 0 radical (unpaired) electrons. The van der Waals surface area contributed by atoms with Crippen molar-refractivity contribution in [2.24, 2.45) is 20.0 Å². The Balaban J connectivity index is 0.000000190. The monoisotopic (exact) mass is 2600 g/mol. The summed E-state index contributed by atoms with van der Waals surface area (Å²) in [5.41, 5.74) is -6.63. The first-order valence-electron chi connectivity index (χ1n) is 45.8. The van der Waals surface area contributed by atoms with Crippen LogP contribution in [0.1, 0.15) is 163 Å². The maximum absolute atomic E-state index is 16.1. The van der Waals surface area contributed by atoms with Crippen LogP contribution in [0.25, 0.3) is 0 Å². The number of benzene rings is 5. The normalized spacial score (nSPS) is 22.4. The third kappa shape index (κ3) is 30.7. The van der Waals surface area contributed by atoms with Crippen molar-refractivity contribution in [1.82, 2.24) is 51.5 Å². The molecule has 4 aliphatic rings. The number of amides is 4. The van der Waals surface area contributed by atoms with E-state index in [-0.39, 0.29) is 96.4 Å². The lowest BCUT2D eigenvalue weighted by Gasteiger charge is -2.41. The zero-order valence-corrected chi connectivity index (χ0v) is 98.8. The second kappa shape index (κ2) is 52.7. The fourth-order valence-corrected chi connectivity index (χ4v) is 24.5. The average molecular weight is 2600 g/mol. The van der Waals surface area contributed by atoms with Crippen molar-refractivity contribution >= 4 is 233 Å². The summed E-state index contributed by atoms with van der Waals surface area (Å²) in [5.74, 6) is -5.13. The van der Waals surface area contributed by atoms with E-state index in [1.54, 1.807) is 140 Å². The molecule has 0 saturated carbocycles. The number of amidine groups is 3. The number of aliphatic hydroxyl groups is 1. The quantitative estimate of drug-likeness (QED) is 0.00507. The first-order valence-corrected chi connectivity index (χ1v) is 61.0. The molecule has 0 spiro atoms. The molecule has 0 saturated heterocycles. The number of nitrogens with one attached hydrogen (secondary N) is 5. The number of alkyl halides is 6. The highest BCUT2D eigenvalue weighted by Crippen LogP contribution is 2.50. The number of halogens is 16. The number of carbonyl (C=O) groups excluding carboxylic acids is 5. The van der Waals surface area contributed by atoms with Crippen LogP contribution < -0.4 is 26.6 Å². The minimum absolute atomic E-state index is 0.00318. The standard InChI is InChI=1S/C25H31BrF2N2O2SSi.C24H30BrF2N3O2SSi.C18H15BrF2IN3OS.C18H16BrF2N3O2S.C18H16BrF2N3OS/c1-24(2,3)34(5,6)32-15-19-22(28)25(4,23-17(27)12-13-20(26)29-23)30-21(33-19)14-18(31)16-10-8-7-9-11-16;1-23(2,3)34(5,6)32-14-17-19(27)24(4,20-16(26)12-13-18(25)28-20)30-22(33-17)29-21(31)15-10-8-7-9-11-15;1-18(15-11(20)7-8-13(19)23-15)14(21)12(9-22)27-17(25-18)24-16(26)10-5-3-2-4-6-10;1-18(15-11(20)7-8-13(19)22-15)14(21)12(9-25)27-17(24-18)23-16(26)10-5-3-2-4-6-10;1-3-13(21)18(2,15-12(20)9-10-14(19)22-15)24-17(26)23-16(25)11-7-5-4-6-8-11/h7-13,19,22H,14-15H2,1-6H3;7-13,17,19H,14H2,1-6H3,(H,29,30,31);2-8,12,14H,9H2,1H3,(H,24,25,26);2-8,12,14,25H,9H2,1H3,(H,23,24,26);3-10,13H,1H2,2H3,(H2,23,24,25,26)/t19-,22+,25+;17-,19+,24+;2*12-,14+,18+;13-,18-/m11110/s1. The van der Waals surface area contributed by atoms with E-state index in [0.717, 1.165) is 53.5 Å². The molecule has 6 N–H and O–H groups in total. The van der Waals surface area contributed by atoms with Crippen molar-refractivity contribution < 1.29 is 81.8 Å². The Morgan fingerprint density at radius 3 is 1.05 bits per heavy atom. The summed E-state index contributed by atoms with van der Waals surface area (Å²) >= 11 is 27.5. The van der Waals surface area contributed by atoms with Crippen LogP contribution in [0.4, 0.5) is 43.9 Å². The van der Waals surface area contributed by atoms with Gasteiger partial charge in [-0.05, 0) is 272 Å². The first-order chi connectivity index (χ1) is 69.5. The maximum Gasteiger partial charge on any atom is 0.257 e. The van der Waals surface area contributed by atoms with Gasteiger partial charge in [0.05, 0.1) is 39.1 Å². The molecule has 14 atom stereocenters. The number of Topliss-reactive ketones (excluding diaryl/α,β-unsaturated/α-hetero) is 1. The second-order valence-electron chi connectivity index (χ2n) is 37.9. The van der Waals surface area contributed by atoms with E-state index in [9.17, 15) is 55.4 Å². The van der Waals surface area contributed by atoms with Crippen LogP contribution >= 0.6 is 162 Å². The van der Waals surface area contributed by atoms with Crippen LogP contribution in [0.3, 0.4) is 0 Å². The SMILES string of the molecule is C=C[C@H](F)[C@](C)(NC(=S)NC(=O)c1ccccc1)c1nc(Br)ccc1F.CC(C)(C)[Si](C)(C)OC[C@H]1SC(CC(=O)c2ccccc2)=N[C@](C)(c2nc(Br)ccc2F)[C@H]1F.CC(C)(C)[Si](C)(C)OC[C@H]1SC(NC(=O)c2ccccc2)=N[C@](C)(c2nc(Br)ccc2F)[C@H]1F.C[C@]1(c2nc(Br)ccc2F)N=C(NC(=O)c2ccccc2)S[C@H](CI)[C@@H]1F.C[C@]1(c2nc(Br)ccc2F)N=C(NC(=O)c2ccccc2)S[C@H](CO)[C@@H]1F. The molecule has 10 aromatic rings. The molecule has 4 amide bonds. The fourth-order valence-electron chi connectivity index (χ4n) is 14.6. The molecule has 0 bridgehead atoms. The molecule has 5 aromatic heterocycles. The number of thioether (sulfide) groups is 4. The second-order valence-corrected chi connectivity index (χ2v) is 57.9. The smallest absolute Gasteiger partial charge is 0.257 e. The van der Waals surface area contributed by atoms with Crippen LogP contribution in [-0.2, 0) is 36.5 Å². The van der Waals surface area contributed by atoms with E-state index in [1.165, 1.54) is 88.0 Å². The van der Waals surface area contributed by atoms with E-state index in [1.807, 2.05) is 18.2 Å². The van der Waals surface area contributed by atoms with Crippen LogP contribution in [0.5, 0.6) is 0 Å². The fraction of sp³-hybridized carbons (Fsp3) is 0.350. The molecule has 788 valence electrons. The Morgan fingerprint density at radius 1 is 0.439 bits per heavy atom. The number of aromatic nitrogens is 5. The van der Waals surface area contributed by atoms with Crippen molar-refractivity contribution in [3.8, 4) is 0 Å². The van der Waals surface area contributed by atoms with Gasteiger partial charge in [0.1, 0.15) is 139 Å². The van der Waals surface area contributed by atoms with Gasteiger partial charge in [0.15, 0.2) is 43.0 Å². The summed E-state index contributed by atoms with van der Waals surface area (Å²) in [4.78, 5) is 101. The van der Waals surface area contributed by atoms with E-state index < -0.39 is 144 Å². The summed E-state index contributed by atoms with van der Waals surface area (Å²) in [6, 6.07) is 56.2. The van der Waals surface area contributed by atoms with Gasteiger partial charge in [-0.3, -0.25) is 34.3 Å². The molecule has 0 aliphatic carbocycles. The van der Waals surface area contributed by atoms with Crippen molar-refractivity contribution in [2.45, 2.75) is 198 Å². The summed E-state index contributed by atoms with van der Waals surface area (Å²) in [6.07, 6.45) is -7.05. The third-order valence-corrected chi connectivity index (χ3v) is 42.6. The van der Waals surface area contributed by atoms with Gasteiger partial charge in [-0.25, -0.2) is 83.8 Å². The van der Waals surface area contributed by atoms with Gasteiger partial charge in [-0.15, -0.1) is 18.3 Å². The van der Waals surface area contributed by atoms with Gasteiger partial charge in [-0.2, -0.15) is 0 Å². The molecule has 0 fully saturated rings. The van der Waals surface area contributed by atoms with Crippen LogP contribution in [0.15, 0.2) is 268 Å². The Morgan fingerprint density at radius 2 is 0.723 bits per heavy atom. The predicted octanol–water partition coefficient (Wildman–Crippen LogP) is 26.1. The van der Waals surface area contributed by atoms with E-state index in [0.29, 0.717) is 60.3 Å². The van der Waals surface area contributed by atoms with Crippen molar-refractivity contribution in [3.05, 3.63) is 333 Å². The van der Waals surface area contributed by atoms with Crippen LogP contribution in [0.2, 0.25) is 36.3 Å². The number of carbonyl (C=O) groups is 5.